The van der Waals surface area contributed by atoms with Crippen molar-refractivity contribution in [1.82, 2.24) is 4.98 Å². The Balaban J connectivity index is 1.97. The third-order valence-electron chi connectivity index (χ3n) is 4.15. The van der Waals surface area contributed by atoms with Crippen molar-refractivity contribution >= 4 is 21.7 Å². The highest BCUT2D eigenvalue weighted by Crippen LogP contribution is 2.38. The van der Waals surface area contributed by atoms with Crippen LogP contribution in [-0.2, 0) is 14.8 Å². The number of fused-ring (bicyclic) bond motifs is 1. The number of ether oxygens (including phenoxy) is 1. The molecule has 1 aliphatic heterocycles. The first kappa shape index (κ1) is 18.2. The molecule has 7 nitrogen and oxygen atoms in total. The Morgan fingerprint density at radius 1 is 1.27 bits per heavy atom. The van der Waals surface area contributed by atoms with Gasteiger partial charge in [-0.15, -0.1) is 0 Å². The number of nitrogens with zero attached hydrogens (tertiary/aromatic N) is 2. The largest absolute Gasteiger partial charge is 0.481 e. The lowest BCUT2D eigenvalue weighted by atomic mass is 9.91. The van der Waals surface area contributed by atoms with E-state index in [4.69, 9.17) is 4.74 Å². The van der Waals surface area contributed by atoms with Crippen molar-refractivity contribution in [2.75, 3.05) is 10.8 Å². The van der Waals surface area contributed by atoms with Gasteiger partial charge < -0.3 is 9.84 Å². The third-order valence-corrected chi connectivity index (χ3v) is 5.95. The molecule has 2 heterocycles. The molecule has 1 aliphatic rings. The maximum absolute atomic E-state index is 13.1. The molecule has 0 saturated heterocycles. The summed E-state index contributed by atoms with van der Waals surface area (Å²) >= 11 is 0. The molecule has 0 bridgehead atoms. The maximum Gasteiger partial charge on any atom is 0.311 e. The van der Waals surface area contributed by atoms with Gasteiger partial charge in [0.05, 0.1) is 23.9 Å². The molecular weight excluding hydrogens is 356 g/mol. The predicted octanol–water partition coefficient (Wildman–Crippen LogP) is 2.64. The Morgan fingerprint density at radius 3 is 2.62 bits per heavy atom. The van der Waals surface area contributed by atoms with E-state index in [0.717, 1.165) is 0 Å². The number of carboxylic acids is 1. The van der Waals surface area contributed by atoms with E-state index in [-0.39, 0.29) is 24.0 Å². The molecule has 0 spiro atoms. The summed E-state index contributed by atoms with van der Waals surface area (Å²) in [5.41, 5.74) is 0.899. The van der Waals surface area contributed by atoms with Gasteiger partial charge in [0.1, 0.15) is 4.90 Å². The zero-order valence-corrected chi connectivity index (χ0v) is 15.3. The number of carbonyl (C=O) groups is 1. The fourth-order valence-corrected chi connectivity index (χ4v) is 4.45. The Morgan fingerprint density at radius 2 is 2.00 bits per heavy atom. The second-order valence-corrected chi connectivity index (χ2v) is 8.18. The first-order valence-electron chi connectivity index (χ1n) is 8.28. The molecule has 0 saturated carbocycles. The molecule has 2 aromatic rings. The normalized spacial score (nSPS) is 17.0. The minimum absolute atomic E-state index is 0.0391. The third kappa shape index (κ3) is 3.37. The highest BCUT2D eigenvalue weighted by molar-refractivity contribution is 7.92. The van der Waals surface area contributed by atoms with E-state index >= 15 is 0 Å². The summed E-state index contributed by atoms with van der Waals surface area (Å²) < 4.78 is 32.8. The molecule has 0 radical (unpaired) electrons. The summed E-state index contributed by atoms with van der Waals surface area (Å²) in [5.74, 6) is -1.31. The number of carboxylic acid groups (broad SMARTS) is 1. The Kier molecular flexibility index (Phi) is 4.86. The van der Waals surface area contributed by atoms with E-state index in [9.17, 15) is 18.3 Å². The highest BCUT2D eigenvalue weighted by atomic mass is 32.2. The molecule has 1 aromatic carbocycles. The molecule has 8 heteroatoms. The van der Waals surface area contributed by atoms with Crippen LogP contribution in [0.4, 0.5) is 5.69 Å². The van der Waals surface area contributed by atoms with Crippen LogP contribution in [0.1, 0.15) is 31.7 Å². The van der Waals surface area contributed by atoms with E-state index in [1.54, 1.807) is 24.3 Å². The van der Waals surface area contributed by atoms with Crippen LogP contribution in [-0.4, -0.2) is 37.1 Å². The van der Waals surface area contributed by atoms with Crippen LogP contribution in [0.2, 0.25) is 0 Å². The summed E-state index contributed by atoms with van der Waals surface area (Å²) in [4.78, 5) is 15.6. The molecule has 138 valence electrons. The van der Waals surface area contributed by atoms with Gasteiger partial charge in [0.15, 0.2) is 0 Å². The SMILES string of the molecule is CC(C)Oc1ccc(S(=O)(=O)N2CCC(C(=O)O)c3ccccc32)cn1. The molecule has 26 heavy (non-hydrogen) atoms. The number of benzene rings is 1. The molecule has 1 N–H and O–H groups in total. The van der Waals surface area contributed by atoms with E-state index in [2.05, 4.69) is 4.98 Å². The number of pyridine rings is 1. The van der Waals surface area contributed by atoms with E-state index in [1.165, 1.54) is 22.6 Å². The number of sulfonamides is 1. The first-order chi connectivity index (χ1) is 12.3. The Hall–Kier alpha value is -2.61. The van der Waals surface area contributed by atoms with Gasteiger partial charge in [0.25, 0.3) is 10.0 Å². The average Bonchev–Trinajstić information content (AvgIpc) is 2.60. The zero-order valence-electron chi connectivity index (χ0n) is 14.5. The molecule has 1 atom stereocenters. The standard InChI is InChI=1S/C18H20N2O5S/c1-12(2)25-17-8-7-13(11-19-17)26(23,24)20-10-9-15(18(21)22)14-5-3-4-6-16(14)20/h3-8,11-12,15H,9-10H2,1-2H3,(H,21,22). The second-order valence-electron chi connectivity index (χ2n) is 6.31. The Labute approximate surface area is 152 Å². The number of aromatic nitrogens is 1. The second kappa shape index (κ2) is 6.95. The van der Waals surface area contributed by atoms with Crippen LogP contribution in [0, 0.1) is 0 Å². The molecule has 1 unspecified atom stereocenters. The van der Waals surface area contributed by atoms with Crippen molar-refractivity contribution in [1.29, 1.82) is 0 Å². The van der Waals surface area contributed by atoms with E-state index < -0.39 is 21.9 Å². The fourth-order valence-electron chi connectivity index (χ4n) is 3.00. The minimum atomic E-state index is -3.85. The average molecular weight is 376 g/mol. The molecule has 0 amide bonds. The number of anilines is 1. The molecule has 3 rings (SSSR count). The van der Waals surface area contributed by atoms with Gasteiger partial charge in [-0.3, -0.25) is 9.10 Å². The van der Waals surface area contributed by atoms with Crippen molar-refractivity contribution in [3.63, 3.8) is 0 Å². The number of rotatable bonds is 5. The van der Waals surface area contributed by atoms with Crippen LogP contribution >= 0.6 is 0 Å². The van der Waals surface area contributed by atoms with Gasteiger partial charge in [-0.1, -0.05) is 18.2 Å². The van der Waals surface area contributed by atoms with Crippen LogP contribution in [0.25, 0.3) is 0 Å². The lowest BCUT2D eigenvalue weighted by Crippen LogP contribution is -2.38. The number of para-hydroxylation sites is 1. The number of hydrogen-bond donors (Lipinski definition) is 1. The van der Waals surface area contributed by atoms with Crippen molar-refractivity contribution in [2.24, 2.45) is 0 Å². The van der Waals surface area contributed by atoms with E-state index in [1.807, 2.05) is 13.8 Å². The predicted molar refractivity (Wildman–Crippen MR) is 96.0 cm³/mol. The van der Waals surface area contributed by atoms with Crippen LogP contribution in [0.3, 0.4) is 0 Å². The van der Waals surface area contributed by atoms with Crippen molar-refractivity contribution in [2.45, 2.75) is 37.2 Å². The van der Waals surface area contributed by atoms with Gasteiger partial charge in [-0.2, -0.15) is 0 Å². The van der Waals surface area contributed by atoms with Gasteiger partial charge in [0, 0.05) is 12.6 Å². The number of hydrogen-bond acceptors (Lipinski definition) is 5. The van der Waals surface area contributed by atoms with Crippen LogP contribution < -0.4 is 9.04 Å². The summed E-state index contributed by atoms with van der Waals surface area (Å²) in [6.45, 7) is 3.81. The minimum Gasteiger partial charge on any atom is -0.481 e. The van der Waals surface area contributed by atoms with Crippen molar-refractivity contribution in [3.05, 3.63) is 48.2 Å². The van der Waals surface area contributed by atoms with Crippen molar-refractivity contribution in [3.8, 4) is 5.88 Å². The lowest BCUT2D eigenvalue weighted by Gasteiger charge is -2.33. The quantitative estimate of drug-likeness (QED) is 0.862. The zero-order chi connectivity index (χ0) is 18.9. The molecular formula is C18H20N2O5S. The van der Waals surface area contributed by atoms with Gasteiger partial charge >= 0.3 is 5.97 Å². The monoisotopic (exact) mass is 376 g/mol. The fraction of sp³-hybridized carbons (Fsp3) is 0.333. The summed E-state index contributed by atoms with van der Waals surface area (Å²) in [6.07, 6.45) is 1.42. The topological polar surface area (TPSA) is 96.8 Å². The smallest absolute Gasteiger partial charge is 0.311 e. The lowest BCUT2D eigenvalue weighted by molar-refractivity contribution is -0.139. The summed E-state index contributed by atoms with van der Waals surface area (Å²) in [7, 11) is -3.85. The molecule has 0 aliphatic carbocycles. The summed E-state index contributed by atoms with van der Waals surface area (Å²) in [5, 5.41) is 9.40. The van der Waals surface area contributed by atoms with Gasteiger partial charge in [0.2, 0.25) is 5.88 Å². The molecule has 1 aromatic heterocycles. The molecule has 0 fully saturated rings. The summed E-state index contributed by atoms with van der Waals surface area (Å²) in [6, 6.07) is 9.67. The van der Waals surface area contributed by atoms with Gasteiger partial charge in [-0.05, 0) is 38.0 Å². The van der Waals surface area contributed by atoms with Crippen molar-refractivity contribution < 1.29 is 23.1 Å². The van der Waals surface area contributed by atoms with Crippen LogP contribution in [0.5, 0.6) is 5.88 Å². The van der Waals surface area contributed by atoms with E-state index in [0.29, 0.717) is 17.1 Å². The maximum atomic E-state index is 13.1. The first-order valence-corrected chi connectivity index (χ1v) is 9.72. The number of aliphatic carboxylic acids is 1. The van der Waals surface area contributed by atoms with Gasteiger partial charge in [-0.25, -0.2) is 13.4 Å². The highest BCUT2D eigenvalue weighted by Gasteiger charge is 2.35. The van der Waals surface area contributed by atoms with Crippen LogP contribution in [0.15, 0.2) is 47.5 Å². The Bertz CT molecular complexity index is 909.